The summed E-state index contributed by atoms with van der Waals surface area (Å²) < 4.78 is 5.99. The van der Waals surface area contributed by atoms with E-state index in [1.165, 1.54) is 6.92 Å². The van der Waals surface area contributed by atoms with Gasteiger partial charge in [0.05, 0.1) is 0 Å². The second-order valence-electron chi connectivity index (χ2n) is 7.55. The number of hydrogen-bond acceptors (Lipinski definition) is 4. The Morgan fingerprint density at radius 1 is 1.14 bits per heavy atom. The average molecular weight is 379 g/mol. The van der Waals surface area contributed by atoms with E-state index in [2.05, 4.69) is 4.98 Å². The first kappa shape index (κ1) is 18.5. The number of aryl methyl sites for hydroxylation is 1. The van der Waals surface area contributed by atoms with Crippen molar-refractivity contribution in [3.63, 3.8) is 0 Å². The lowest BCUT2D eigenvalue weighted by Crippen LogP contribution is -2.52. The van der Waals surface area contributed by atoms with Gasteiger partial charge in [-0.15, -0.1) is 0 Å². The number of hydrogen-bond donors (Lipinski definition) is 0. The molecular formula is C22H25N3O3. The van der Waals surface area contributed by atoms with Gasteiger partial charge in [0.2, 0.25) is 17.7 Å². The Morgan fingerprint density at radius 3 is 2.61 bits per heavy atom. The first-order chi connectivity index (χ1) is 13.5. The number of carbonyl (C=O) groups excluding carboxylic acids is 2. The molecule has 2 aliphatic rings. The van der Waals surface area contributed by atoms with Crippen LogP contribution < -0.4 is 9.64 Å². The van der Waals surface area contributed by atoms with Crippen LogP contribution in [-0.4, -0.2) is 46.9 Å². The third-order valence-electron chi connectivity index (χ3n) is 5.53. The third-order valence-corrected chi connectivity index (χ3v) is 5.53. The van der Waals surface area contributed by atoms with Crippen LogP contribution in [0, 0.1) is 6.92 Å². The maximum absolute atomic E-state index is 13.2. The number of aromatic nitrogens is 1. The molecule has 28 heavy (non-hydrogen) atoms. The number of benzene rings is 1. The Morgan fingerprint density at radius 2 is 1.89 bits per heavy atom. The summed E-state index contributed by atoms with van der Waals surface area (Å²) >= 11 is 0. The standard InChI is InChI=1S/C22H25N3O3/c1-15-7-10-23-21(13-15)28-18-8-11-24(12-9-18)22(27)20-14-17-5-3-4-6-19(17)25(20)16(2)26/h3-7,10,13,18,20H,8-9,11-12,14H2,1-2H3/t20-/m0/s1. The largest absolute Gasteiger partial charge is 0.474 e. The molecule has 2 aromatic rings. The minimum Gasteiger partial charge on any atom is -0.474 e. The molecule has 2 aliphatic heterocycles. The van der Waals surface area contributed by atoms with Gasteiger partial charge in [-0.25, -0.2) is 4.98 Å². The van der Waals surface area contributed by atoms with Gasteiger partial charge in [-0.3, -0.25) is 14.5 Å². The van der Waals surface area contributed by atoms with Crippen LogP contribution in [0.5, 0.6) is 5.88 Å². The summed E-state index contributed by atoms with van der Waals surface area (Å²) in [7, 11) is 0. The molecule has 6 nitrogen and oxygen atoms in total. The van der Waals surface area contributed by atoms with Crippen molar-refractivity contribution in [1.82, 2.24) is 9.88 Å². The second-order valence-corrected chi connectivity index (χ2v) is 7.55. The Balaban J connectivity index is 1.39. The van der Waals surface area contributed by atoms with Crippen LogP contribution in [0.15, 0.2) is 42.6 Å². The van der Waals surface area contributed by atoms with E-state index in [9.17, 15) is 9.59 Å². The zero-order chi connectivity index (χ0) is 19.7. The van der Waals surface area contributed by atoms with E-state index in [0.29, 0.717) is 25.4 Å². The number of likely N-dealkylation sites (tertiary alicyclic amines) is 1. The first-order valence-electron chi connectivity index (χ1n) is 9.79. The molecule has 0 unspecified atom stereocenters. The molecule has 1 aromatic heterocycles. The highest BCUT2D eigenvalue weighted by molar-refractivity contribution is 6.02. The van der Waals surface area contributed by atoms with Crippen molar-refractivity contribution in [1.29, 1.82) is 0 Å². The molecule has 0 saturated carbocycles. The third kappa shape index (κ3) is 3.59. The molecule has 1 saturated heterocycles. The van der Waals surface area contributed by atoms with Crippen molar-refractivity contribution < 1.29 is 14.3 Å². The van der Waals surface area contributed by atoms with Crippen molar-refractivity contribution in [2.24, 2.45) is 0 Å². The van der Waals surface area contributed by atoms with Gasteiger partial charge in [-0.2, -0.15) is 0 Å². The summed E-state index contributed by atoms with van der Waals surface area (Å²) in [5.74, 6) is 0.573. The lowest BCUT2D eigenvalue weighted by Gasteiger charge is -2.35. The number of rotatable bonds is 3. The lowest BCUT2D eigenvalue weighted by molar-refractivity contribution is -0.135. The predicted molar refractivity (Wildman–Crippen MR) is 106 cm³/mol. The first-order valence-corrected chi connectivity index (χ1v) is 9.79. The van der Waals surface area contributed by atoms with Gasteiger partial charge in [0.1, 0.15) is 12.1 Å². The van der Waals surface area contributed by atoms with Crippen LogP contribution in [0.4, 0.5) is 5.69 Å². The molecule has 3 heterocycles. The quantitative estimate of drug-likeness (QED) is 0.823. The minimum absolute atomic E-state index is 0.0264. The molecule has 0 aliphatic carbocycles. The highest BCUT2D eigenvalue weighted by atomic mass is 16.5. The molecule has 0 N–H and O–H groups in total. The summed E-state index contributed by atoms with van der Waals surface area (Å²) in [6, 6.07) is 11.2. The molecule has 0 bridgehead atoms. The van der Waals surface area contributed by atoms with Crippen molar-refractivity contribution in [3.05, 3.63) is 53.7 Å². The Labute approximate surface area is 165 Å². The van der Waals surface area contributed by atoms with Crippen LogP contribution in [0.25, 0.3) is 0 Å². The summed E-state index contributed by atoms with van der Waals surface area (Å²) in [6.45, 7) is 4.80. The fourth-order valence-corrected chi connectivity index (χ4v) is 4.12. The number of fused-ring (bicyclic) bond motifs is 1. The molecule has 0 spiro atoms. The Kier molecular flexibility index (Phi) is 5.03. The number of ether oxygens (including phenoxy) is 1. The number of nitrogens with zero attached hydrogens (tertiary/aromatic N) is 3. The minimum atomic E-state index is -0.439. The monoisotopic (exact) mass is 379 g/mol. The van der Waals surface area contributed by atoms with Crippen molar-refractivity contribution in [2.45, 2.75) is 45.3 Å². The fourth-order valence-electron chi connectivity index (χ4n) is 4.12. The SMILES string of the molecule is CC(=O)N1c2ccccc2C[C@H]1C(=O)N1CCC(Oc2cc(C)ccn2)CC1. The fraction of sp³-hybridized carbons (Fsp3) is 0.409. The van der Waals surface area contributed by atoms with E-state index in [1.54, 1.807) is 11.1 Å². The van der Waals surface area contributed by atoms with Gasteiger partial charge in [0.15, 0.2) is 0 Å². The molecule has 6 heteroatoms. The Hall–Kier alpha value is -2.89. The summed E-state index contributed by atoms with van der Waals surface area (Å²) in [4.78, 5) is 33.2. The van der Waals surface area contributed by atoms with Gasteiger partial charge >= 0.3 is 0 Å². The predicted octanol–water partition coefficient (Wildman–Crippen LogP) is 2.74. The zero-order valence-electron chi connectivity index (χ0n) is 16.3. The van der Waals surface area contributed by atoms with E-state index in [-0.39, 0.29) is 17.9 Å². The van der Waals surface area contributed by atoms with Crippen molar-refractivity contribution in [3.8, 4) is 5.88 Å². The van der Waals surface area contributed by atoms with Gasteiger partial charge in [-0.05, 0) is 30.2 Å². The molecule has 1 aromatic carbocycles. The van der Waals surface area contributed by atoms with Gasteiger partial charge in [0.25, 0.3) is 0 Å². The summed E-state index contributed by atoms with van der Waals surface area (Å²) in [5.41, 5.74) is 3.03. The van der Waals surface area contributed by atoms with Crippen molar-refractivity contribution >= 4 is 17.5 Å². The van der Waals surface area contributed by atoms with E-state index in [0.717, 1.165) is 29.7 Å². The smallest absolute Gasteiger partial charge is 0.246 e. The van der Waals surface area contributed by atoms with Crippen LogP contribution in [0.3, 0.4) is 0 Å². The number of piperidine rings is 1. The summed E-state index contributed by atoms with van der Waals surface area (Å²) in [5, 5.41) is 0. The maximum atomic E-state index is 13.2. The van der Waals surface area contributed by atoms with E-state index in [1.807, 2.05) is 48.2 Å². The van der Waals surface area contributed by atoms with Gasteiger partial charge in [-0.1, -0.05) is 18.2 Å². The zero-order valence-corrected chi connectivity index (χ0v) is 16.3. The molecule has 0 radical (unpaired) electrons. The molecule has 2 amide bonds. The number of para-hydroxylation sites is 1. The lowest BCUT2D eigenvalue weighted by atomic mass is 10.0. The summed E-state index contributed by atoms with van der Waals surface area (Å²) in [6.07, 6.45) is 3.92. The molecule has 4 rings (SSSR count). The van der Waals surface area contributed by atoms with E-state index < -0.39 is 6.04 Å². The topological polar surface area (TPSA) is 62.7 Å². The van der Waals surface area contributed by atoms with Crippen LogP contribution in [0.1, 0.15) is 30.9 Å². The molecule has 1 fully saturated rings. The molecule has 146 valence electrons. The maximum Gasteiger partial charge on any atom is 0.246 e. The Bertz CT molecular complexity index is 890. The van der Waals surface area contributed by atoms with Crippen LogP contribution in [-0.2, 0) is 16.0 Å². The second kappa shape index (κ2) is 7.62. The number of carbonyl (C=O) groups is 2. The van der Waals surface area contributed by atoms with Gasteiger partial charge < -0.3 is 9.64 Å². The van der Waals surface area contributed by atoms with Gasteiger partial charge in [0, 0.05) is 57.2 Å². The molecule has 1 atom stereocenters. The number of pyridine rings is 1. The normalized spacial score (nSPS) is 19.4. The van der Waals surface area contributed by atoms with E-state index in [4.69, 9.17) is 4.74 Å². The van der Waals surface area contributed by atoms with Crippen LogP contribution >= 0.6 is 0 Å². The average Bonchev–Trinajstić information content (AvgIpc) is 3.08. The van der Waals surface area contributed by atoms with Crippen molar-refractivity contribution in [2.75, 3.05) is 18.0 Å². The highest BCUT2D eigenvalue weighted by Gasteiger charge is 2.39. The highest BCUT2D eigenvalue weighted by Crippen LogP contribution is 2.33. The molecular weight excluding hydrogens is 354 g/mol. The van der Waals surface area contributed by atoms with E-state index >= 15 is 0 Å². The number of anilines is 1. The number of amides is 2. The van der Waals surface area contributed by atoms with Crippen LogP contribution in [0.2, 0.25) is 0 Å².